The largest absolute Gasteiger partial charge is 0.339 e. The van der Waals surface area contributed by atoms with Crippen molar-refractivity contribution >= 4 is 17.8 Å². The van der Waals surface area contributed by atoms with Gasteiger partial charge in [-0.2, -0.15) is 0 Å². The number of likely N-dealkylation sites (tertiary alicyclic amines) is 1. The molecule has 1 aromatic heterocycles. The molecule has 0 aromatic carbocycles. The second kappa shape index (κ2) is 9.20. The summed E-state index contributed by atoms with van der Waals surface area (Å²) in [6.45, 7) is 3.66. The summed E-state index contributed by atoms with van der Waals surface area (Å²) in [5.74, 6) is 0.0863. The molecule has 3 heterocycles. The molecule has 4 amide bonds. The van der Waals surface area contributed by atoms with Gasteiger partial charge in [-0.1, -0.05) is 25.5 Å². The van der Waals surface area contributed by atoms with E-state index >= 15 is 0 Å². The van der Waals surface area contributed by atoms with Gasteiger partial charge in [0.15, 0.2) is 0 Å². The summed E-state index contributed by atoms with van der Waals surface area (Å²) in [5, 5.41) is 3.08. The number of piperidine rings is 1. The SMILES string of the molecule is CCCC1(C2CCN(C(=O)C3=CCCC3)CC2)NC(=O)N(CCc2ccccn2)C1=O. The van der Waals surface area contributed by atoms with Crippen molar-refractivity contribution in [2.24, 2.45) is 5.92 Å². The molecular weight excluding hydrogens is 392 g/mol. The van der Waals surface area contributed by atoms with Crippen LogP contribution in [0.2, 0.25) is 0 Å². The minimum Gasteiger partial charge on any atom is -0.339 e. The van der Waals surface area contributed by atoms with Gasteiger partial charge < -0.3 is 10.2 Å². The standard InChI is InChI=1S/C24H32N4O3/c1-2-13-24(19-10-15-27(16-11-19)21(29)18-7-3-4-8-18)22(30)28(23(31)26-24)17-12-20-9-5-6-14-25-20/h5-7,9,14,19H,2-4,8,10-13,15-17H2,1H3,(H,26,31). The number of imide groups is 1. The molecule has 31 heavy (non-hydrogen) atoms. The van der Waals surface area contributed by atoms with Crippen LogP contribution in [0.15, 0.2) is 36.0 Å². The highest BCUT2D eigenvalue weighted by Crippen LogP contribution is 2.37. The molecule has 0 bridgehead atoms. The lowest BCUT2D eigenvalue weighted by Gasteiger charge is -2.41. The van der Waals surface area contributed by atoms with Crippen LogP contribution in [0, 0.1) is 5.92 Å². The van der Waals surface area contributed by atoms with Crippen molar-refractivity contribution in [2.75, 3.05) is 19.6 Å². The summed E-state index contributed by atoms with van der Waals surface area (Å²) in [4.78, 5) is 46.6. The summed E-state index contributed by atoms with van der Waals surface area (Å²) in [7, 11) is 0. The van der Waals surface area contributed by atoms with Gasteiger partial charge in [0.25, 0.3) is 5.91 Å². The average Bonchev–Trinajstić information content (AvgIpc) is 3.41. The third-order valence-corrected chi connectivity index (χ3v) is 6.96. The number of pyridine rings is 1. The number of aromatic nitrogens is 1. The van der Waals surface area contributed by atoms with Crippen molar-refractivity contribution in [3.8, 4) is 0 Å². The van der Waals surface area contributed by atoms with Crippen molar-refractivity contribution in [1.82, 2.24) is 20.1 Å². The van der Waals surface area contributed by atoms with Gasteiger partial charge in [-0.15, -0.1) is 0 Å². The Morgan fingerprint density at radius 3 is 2.71 bits per heavy atom. The maximum Gasteiger partial charge on any atom is 0.325 e. The van der Waals surface area contributed by atoms with Crippen LogP contribution in [0.5, 0.6) is 0 Å². The van der Waals surface area contributed by atoms with Crippen molar-refractivity contribution in [1.29, 1.82) is 0 Å². The minimum atomic E-state index is -0.849. The Labute approximate surface area is 183 Å². The monoisotopic (exact) mass is 424 g/mol. The van der Waals surface area contributed by atoms with Gasteiger partial charge >= 0.3 is 6.03 Å². The van der Waals surface area contributed by atoms with E-state index in [-0.39, 0.29) is 23.8 Å². The number of rotatable bonds is 7. The van der Waals surface area contributed by atoms with Crippen LogP contribution in [-0.4, -0.2) is 57.8 Å². The van der Waals surface area contributed by atoms with Crippen LogP contribution >= 0.6 is 0 Å². The minimum absolute atomic E-state index is 0.0466. The van der Waals surface area contributed by atoms with E-state index in [0.717, 1.165) is 49.8 Å². The van der Waals surface area contributed by atoms with Crippen LogP contribution in [0.4, 0.5) is 4.79 Å². The predicted octanol–water partition coefficient (Wildman–Crippen LogP) is 3.06. The van der Waals surface area contributed by atoms with Crippen LogP contribution < -0.4 is 5.32 Å². The van der Waals surface area contributed by atoms with Gasteiger partial charge in [-0.05, 0) is 56.6 Å². The quantitative estimate of drug-likeness (QED) is 0.682. The molecule has 1 unspecified atom stereocenters. The van der Waals surface area contributed by atoms with E-state index in [1.165, 1.54) is 4.90 Å². The first-order chi connectivity index (χ1) is 15.0. The number of nitrogens with zero attached hydrogens (tertiary/aromatic N) is 3. The smallest absolute Gasteiger partial charge is 0.325 e. The summed E-state index contributed by atoms with van der Waals surface area (Å²) >= 11 is 0. The number of carbonyl (C=O) groups is 3. The van der Waals surface area contributed by atoms with Crippen LogP contribution in [0.3, 0.4) is 0 Å². The normalized spacial score (nSPS) is 24.5. The van der Waals surface area contributed by atoms with E-state index in [9.17, 15) is 14.4 Å². The van der Waals surface area contributed by atoms with Crippen molar-refractivity contribution in [2.45, 2.75) is 63.8 Å². The molecule has 3 aliphatic rings. The zero-order chi connectivity index (χ0) is 21.8. The Bertz CT molecular complexity index is 861. The molecule has 1 atom stereocenters. The highest BCUT2D eigenvalue weighted by atomic mass is 16.2. The van der Waals surface area contributed by atoms with Crippen LogP contribution in [0.1, 0.15) is 57.6 Å². The molecule has 7 heteroatoms. The lowest BCUT2D eigenvalue weighted by molar-refractivity contribution is -0.135. The first kappa shape index (κ1) is 21.5. The zero-order valence-electron chi connectivity index (χ0n) is 18.3. The fraction of sp³-hybridized carbons (Fsp3) is 0.583. The molecule has 0 saturated carbocycles. The average molecular weight is 425 g/mol. The third kappa shape index (κ3) is 4.23. The number of hydrogen-bond donors (Lipinski definition) is 1. The fourth-order valence-corrected chi connectivity index (χ4v) is 5.31. The topological polar surface area (TPSA) is 82.6 Å². The van der Waals surface area contributed by atoms with Crippen molar-refractivity contribution in [3.63, 3.8) is 0 Å². The second-order valence-corrected chi connectivity index (χ2v) is 8.87. The molecule has 0 radical (unpaired) electrons. The van der Waals surface area contributed by atoms with Gasteiger partial charge in [-0.25, -0.2) is 4.79 Å². The van der Waals surface area contributed by atoms with E-state index in [2.05, 4.69) is 16.4 Å². The molecule has 7 nitrogen and oxygen atoms in total. The number of urea groups is 1. The van der Waals surface area contributed by atoms with E-state index < -0.39 is 5.54 Å². The van der Waals surface area contributed by atoms with Crippen molar-refractivity contribution < 1.29 is 14.4 Å². The number of hydrogen-bond acceptors (Lipinski definition) is 4. The fourth-order valence-electron chi connectivity index (χ4n) is 5.31. The molecule has 2 fully saturated rings. The van der Waals surface area contributed by atoms with Gasteiger partial charge in [0, 0.05) is 43.5 Å². The number of allylic oxidation sites excluding steroid dienone is 1. The Morgan fingerprint density at radius 1 is 1.26 bits per heavy atom. The molecule has 4 rings (SSSR count). The molecular formula is C24H32N4O3. The van der Waals surface area contributed by atoms with E-state index in [1.54, 1.807) is 6.20 Å². The molecule has 1 N–H and O–H groups in total. The maximum atomic E-state index is 13.5. The number of carbonyl (C=O) groups excluding carboxylic acids is 3. The number of amides is 4. The third-order valence-electron chi connectivity index (χ3n) is 6.96. The lowest BCUT2D eigenvalue weighted by atomic mass is 9.74. The Balaban J connectivity index is 1.43. The molecule has 1 aliphatic carbocycles. The summed E-state index contributed by atoms with van der Waals surface area (Å²) in [6, 6.07) is 5.37. The van der Waals surface area contributed by atoms with E-state index in [4.69, 9.17) is 0 Å². The molecule has 166 valence electrons. The van der Waals surface area contributed by atoms with Gasteiger partial charge in [0.2, 0.25) is 5.91 Å². The maximum absolute atomic E-state index is 13.5. The molecule has 2 saturated heterocycles. The summed E-state index contributed by atoms with van der Waals surface area (Å²) in [6.07, 6.45) is 10.2. The molecule has 0 spiro atoms. The lowest BCUT2D eigenvalue weighted by Crippen LogP contribution is -2.56. The van der Waals surface area contributed by atoms with Gasteiger partial charge in [0.1, 0.15) is 5.54 Å². The summed E-state index contributed by atoms with van der Waals surface area (Å²) in [5.41, 5.74) is 0.953. The van der Waals surface area contributed by atoms with E-state index in [0.29, 0.717) is 32.5 Å². The highest BCUT2D eigenvalue weighted by molar-refractivity contribution is 6.07. The van der Waals surface area contributed by atoms with Crippen LogP contribution in [0.25, 0.3) is 0 Å². The van der Waals surface area contributed by atoms with E-state index in [1.807, 2.05) is 30.0 Å². The highest BCUT2D eigenvalue weighted by Gasteiger charge is 2.55. The predicted molar refractivity (Wildman–Crippen MR) is 117 cm³/mol. The van der Waals surface area contributed by atoms with Gasteiger partial charge in [0.05, 0.1) is 0 Å². The summed E-state index contributed by atoms with van der Waals surface area (Å²) < 4.78 is 0. The molecule has 1 aromatic rings. The first-order valence-corrected chi connectivity index (χ1v) is 11.6. The first-order valence-electron chi connectivity index (χ1n) is 11.6. The Kier molecular flexibility index (Phi) is 6.39. The van der Waals surface area contributed by atoms with Crippen molar-refractivity contribution in [3.05, 3.63) is 41.7 Å². The Hall–Kier alpha value is -2.70. The second-order valence-electron chi connectivity index (χ2n) is 8.87. The van der Waals surface area contributed by atoms with Gasteiger partial charge in [-0.3, -0.25) is 19.5 Å². The zero-order valence-corrected chi connectivity index (χ0v) is 18.3. The van der Waals surface area contributed by atoms with Crippen LogP contribution in [-0.2, 0) is 16.0 Å². The Morgan fingerprint density at radius 2 is 2.06 bits per heavy atom. The number of nitrogens with one attached hydrogen (secondary N) is 1. The molecule has 2 aliphatic heterocycles.